The first-order valence-electron chi connectivity index (χ1n) is 12.1. The van der Waals surface area contributed by atoms with E-state index in [-0.39, 0.29) is 11.3 Å². The first-order valence-corrected chi connectivity index (χ1v) is 14.8. The van der Waals surface area contributed by atoms with Crippen molar-refractivity contribution in [3.8, 4) is 22.6 Å². The van der Waals surface area contributed by atoms with Crippen molar-refractivity contribution in [2.45, 2.75) is 19.9 Å². The maximum absolute atomic E-state index is 13.8. The second-order valence-corrected chi connectivity index (χ2v) is 12.2. The third-order valence-electron chi connectivity index (χ3n) is 6.53. The van der Waals surface area contributed by atoms with Crippen LogP contribution in [0.1, 0.15) is 31.4 Å². The quantitative estimate of drug-likeness (QED) is 0.181. The van der Waals surface area contributed by atoms with Gasteiger partial charge in [-0.05, 0) is 91.0 Å². The van der Waals surface area contributed by atoms with Gasteiger partial charge in [0.05, 0.1) is 14.6 Å². The molecule has 1 aliphatic rings. The molecule has 0 aliphatic carbocycles. The Labute approximate surface area is 256 Å². The maximum Gasteiger partial charge on any atom is 0.271 e. The van der Waals surface area contributed by atoms with Crippen molar-refractivity contribution in [1.29, 1.82) is 0 Å². The summed E-state index contributed by atoms with van der Waals surface area (Å²) in [5.74, 6) is 2.02. The molecule has 3 aromatic heterocycles. The highest BCUT2D eigenvalue weighted by Gasteiger charge is 2.33. The van der Waals surface area contributed by atoms with Crippen molar-refractivity contribution < 1.29 is 13.6 Å². The molecule has 5 aromatic rings. The number of rotatable bonds is 5. The molecule has 4 heterocycles. The highest BCUT2D eigenvalue weighted by molar-refractivity contribution is 14.1. The molecule has 0 saturated carbocycles. The monoisotopic (exact) mass is 700 g/mol. The number of halogens is 3. The summed E-state index contributed by atoms with van der Waals surface area (Å²) in [6, 6.07) is 19.7. The molecule has 0 N–H and O–H groups in total. The Kier molecular flexibility index (Phi) is 7.20. The summed E-state index contributed by atoms with van der Waals surface area (Å²) in [4.78, 5) is 31.7. The van der Waals surface area contributed by atoms with Gasteiger partial charge in [-0.25, -0.2) is 4.99 Å². The standard InChI is InChI=1S/C30H19Cl2IN2O4S/c1-15-27(16(2)36)28(25-12-11-24(39-25)18-5-9-21(31)22(32)13-18)35-29(37)26(40-30(35)34-15)14-20-8-10-23(38-20)17-3-6-19(33)7-4-17/h3-14,28H,1-2H3/b26-14+/t28-/m1/s1. The molecular formula is C30H19Cl2IN2O4S. The zero-order chi connectivity index (χ0) is 28.1. The van der Waals surface area contributed by atoms with Crippen molar-refractivity contribution in [3.05, 3.63) is 123 Å². The van der Waals surface area contributed by atoms with Crippen molar-refractivity contribution in [2.75, 3.05) is 0 Å². The van der Waals surface area contributed by atoms with Crippen molar-refractivity contribution >= 4 is 69.0 Å². The number of Topliss-reactive ketones (excluding diaryl/α,β-unsaturated/α-hetero) is 1. The van der Waals surface area contributed by atoms with Gasteiger partial charge < -0.3 is 8.83 Å². The van der Waals surface area contributed by atoms with E-state index in [2.05, 4.69) is 27.6 Å². The molecule has 0 spiro atoms. The number of thiazole rings is 1. The summed E-state index contributed by atoms with van der Waals surface area (Å²) in [6.07, 6.45) is 1.70. The molecular weight excluding hydrogens is 682 g/mol. The first-order chi connectivity index (χ1) is 19.2. The normalized spacial score (nSPS) is 15.3. The number of furan rings is 2. The van der Waals surface area contributed by atoms with Crippen LogP contribution < -0.4 is 14.9 Å². The van der Waals surface area contributed by atoms with Crippen molar-refractivity contribution in [2.24, 2.45) is 4.99 Å². The van der Waals surface area contributed by atoms with Gasteiger partial charge in [0.15, 0.2) is 10.6 Å². The number of carbonyl (C=O) groups is 1. The van der Waals surface area contributed by atoms with Crippen LogP contribution in [0.5, 0.6) is 0 Å². The predicted molar refractivity (Wildman–Crippen MR) is 165 cm³/mol. The van der Waals surface area contributed by atoms with E-state index in [4.69, 9.17) is 32.0 Å². The van der Waals surface area contributed by atoms with Gasteiger partial charge in [-0.1, -0.05) is 46.7 Å². The van der Waals surface area contributed by atoms with Gasteiger partial charge in [-0.2, -0.15) is 0 Å². The lowest BCUT2D eigenvalue weighted by Crippen LogP contribution is -2.39. The Bertz CT molecular complexity index is 2010. The van der Waals surface area contributed by atoms with Gasteiger partial charge in [-0.15, -0.1) is 0 Å². The molecule has 2 aromatic carbocycles. The molecule has 0 saturated heterocycles. The fourth-order valence-corrected chi connectivity index (χ4v) is 6.36. The molecule has 6 nitrogen and oxygen atoms in total. The molecule has 40 heavy (non-hydrogen) atoms. The fraction of sp³-hybridized carbons (Fsp3) is 0.100. The van der Waals surface area contributed by atoms with E-state index < -0.39 is 6.04 Å². The number of allylic oxidation sites excluding steroid dienone is 2. The van der Waals surface area contributed by atoms with Crippen LogP contribution >= 0.6 is 57.1 Å². The van der Waals surface area contributed by atoms with E-state index in [1.54, 1.807) is 43.3 Å². The molecule has 1 atom stereocenters. The molecule has 0 radical (unpaired) electrons. The Hall–Kier alpha value is -3.18. The van der Waals surface area contributed by atoms with Crippen molar-refractivity contribution in [1.82, 2.24) is 4.57 Å². The molecule has 6 rings (SSSR count). The molecule has 0 bridgehead atoms. The van der Waals surface area contributed by atoms with E-state index in [1.165, 1.54) is 22.8 Å². The Morgan fingerprint density at radius 2 is 1.68 bits per heavy atom. The first kappa shape index (κ1) is 27.0. The van der Waals surface area contributed by atoms with E-state index in [1.807, 2.05) is 36.4 Å². The summed E-state index contributed by atoms with van der Waals surface area (Å²) in [7, 11) is 0. The van der Waals surface area contributed by atoms with Crippen molar-refractivity contribution in [3.63, 3.8) is 0 Å². The lowest BCUT2D eigenvalue weighted by Gasteiger charge is -2.22. The van der Waals surface area contributed by atoms with Crippen LogP contribution in [-0.4, -0.2) is 10.4 Å². The van der Waals surface area contributed by atoms with E-state index in [0.29, 0.717) is 53.7 Å². The Balaban J connectivity index is 1.45. The minimum Gasteiger partial charge on any atom is -0.458 e. The third-order valence-corrected chi connectivity index (χ3v) is 8.97. The Morgan fingerprint density at radius 1 is 0.975 bits per heavy atom. The van der Waals surface area contributed by atoms with Crippen LogP contribution in [0.3, 0.4) is 0 Å². The number of ketones is 1. The van der Waals surface area contributed by atoms with E-state index in [9.17, 15) is 9.59 Å². The molecule has 0 unspecified atom stereocenters. The van der Waals surface area contributed by atoms with Crippen LogP contribution in [0.2, 0.25) is 10.0 Å². The highest BCUT2D eigenvalue weighted by atomic mass is 127. The molecule has 10 heteroatoms. The number of carbonyl (C=O) groups excluding carboxylic acids is 1. The molecule has 1 aliphatic heterocycles. The van der Waals surface area contributed by atoms with Gasteiger partial charge in [0.25, 0.3) is 5.56 Å². The van der Waals surface area contributed by atoms with Gasteiger partial charge in [-0.3, -0.25) is 14.2 Å². The predicted octanol–water partition coefficient (Wildman–Crippen LogP) is 7.26. The van der Waals surface area contributed by atoms with Gasteiger partial charge >= 0.3 is 0 Å². The Morgan fingerprint density at radius 3 is 2.40 bits per heavy atom. The lowest BCUT2D eigenvalue weighted by atomic mass is 9.98. The largest absolute Gasteiger partial charge is 0.458 e. The minimum atomic E-state index is -0.772. The lowest BCUT2D eigenvalue weighted by molar-refractivity contribution is -0.114. The summed E-state index contributed by atoms with van der Waals surface area (Å²) in [5.41, 5.74) is 2.31. The maximum atomic E-state index is 13.8. The molecule has 200 valence electrons. The summed E-state index contributed by atoms with van der Waals surface area (Å²) in [5, 5.41) is 0.831. The summed E-state index contributed by atoms with van der Waals surface area (Å²) >= 11 is 15.8. The van der Waals surface area contributed by atoms with Gasteiger partial charge in [0.2, 0.25) is 0 Å². The van der Waals surface area contributed by atoms with Crippen LogP contribution in [0, 0.1) is 3.57 Å². The zero-order valence-electron chi connectivity index (χ0n) is 21.1. The smallest absolute Gasteiger partial charge is 0.271 e. The fourth-order valence-electron chi connectivity index (χ4n) is 4.67. The van der Waals surface area contributed by atoms with Crippen LogP contribution in [0.15, 0.2) is 96.6 Å². The number of nitrogens with zero attached hydrogens (tertiary/aromatic N) is 2. The molecule has 0 fully saturated rings. The van der Waals surface area contributed by atoms with Gasteiger partial charge in [0.1, 0.15) is 29.1 Å². The number of hydrogen-bond donors (Lipinski definition) is 0. The van der Waals surface area contributed by atoms with E-state index in [0.717, 1.165) is 14.7 Å². The van der Waals surface area contributed by atoms with Crippen LogP contribution in [-0.2, 0) is 4.79 Å². The topological polar surface area (TPSA) is 77.7 Å². The molecule has 0 amide bonds. The second kappa shape index (κ2) is 10.7. The number of fused-ring (bicyclic) bond motifs is 1. The minimum absolute atomic E-state index is 0.193. The average Bonchev–Trinajstić information content (AvgIpc) is 3.65. The summed E-state index contributed by atoms with van der Waals surface area (Å²) < 4.78 is 15.3. The number of hydrogen-bond acceptors (Lipinski definition) is 6. The number of benzene rings is 2. The van der Waals surface area contributed by atoms with Gasteiger partial charge in [0, 0.05) is 32.0 Å². The summed E-state index contributed by atoms with van der Waals surface area (Å²) in [6.45, 7) is 3.23. The second-order valence-electron chi connectivity index (χ2n) is 9.18. The number of aromatic nitrogens is 1. The zero-order valence-corrected chi connectivity index (χ0v) is 25.6. The SMILES string of the molecule is CC(=O)C1=C(C)N=c2s/c(=C/c3ccc(-c4ccc(I)cc4)o3)c(=O)n2[C@@H]1c1ccc(-c2ccc(Cl)c(Cl)c2)o1. The average molecular weight is 701 g/mol. The third kappa shape index (κ3) is 4.94. The van der Waals surface area contributed by atoms with Crippen LogP contribution in [0.4, 0.5) is 0 Å². The van der Waals surface area contributed by atoms with Crippen LogP contribution in [0.25, 0.3) is 28.7 Å². The van der Waals surface area contributed by atoms with E-state index >= 15 is 0 Å². The highest BCUT2D eigenvalue weighted by Crippen LogP contribution is 2.35.